The SMILES string of the molecule is Cc1ccccc1-c1cc2c(cc1C)Cc1cc3c4ccccc4n(-c4cccc5c4sc4ccccc45)c3cc1C2. The number of hydrogen-bond donors (Lipinski definition) is 0. The molecule has 8 aromatic rings. The van der Waals surface area contributed by atoms with Crippen LogP contribution in [0.5, 0.6) is 0 Å². The van der Waals surface area contributed by atoms with E-state index in [9.17, 15) is 0 Å². The van der Waals surface area contributed by atoms with Gasteiger partial charge in [-0.15, -0.1) is 11.3 Å². The van der Waals surface area contributed by atoms with Crippen LogP contribution in [0, 0.1) is 13.8 Å². The minimum absolute atomic E-state index is 0.967. The summed E-state index contributed by atoms with van der Waals surface area (Å²) >= 11 is 1.90. The van der Waals surface area contributed by atoms with Crippen molar-refractivity contribution < 1.29 is 0 Å². The summed E-state index contributed by atoms with van der Waals surface area (Å²) in [6, 6.07) is 43.2. The van der Waals surface area contributed by atoms with Crippen LogP contribution in [-0.4, -0.2) is 4.57 Å². The highest BCUT2D eigenvalue weighted by molar-refractivity contribution is 7.26. The second-order valence-corrected chi connectivity index (χ2v) is 12.9. The summed E-state index contributed by atoms with van der Waals surface area (Å²) in [6.07, 6.45) is 1.95. The first kappa shape index (κ1) is 24.0. The van der Waals surface area contributed by atoms with Crippen LogP contribution in [0.25, 0.3) is 58.8 Å². The second kappa shape index (κ2) is 8.92. The molecule has 2 aromatic heterocycles. The van der Waals surface area contributed by atoms with Crippen molar-refractivity contribution in [2.45, 2.75) is 26.7 Å². The predicted molar refractivity (Wildman–Crippen MR) is 181 cm³/mol. The molecule has 0 aliphatic heterocycles. The van der Waals surface area contributed by atoms with Gasteiger partial charge >= 0.3 is 0 Å². The first-order valence-corrected chi connectivity index (χ1v) is 15.6. The third-order valence-corrected chi connectivity index (χ3v) is 10.6. The lowest BCUT2D eigenvalue weighted by molar-refractivity contribution is 1.00. The maximum Gasteiger partial charge on any atom is 0.0640 e. The lowest BCUT2D eigenvalue weighted by Crippen LogP contribution is -2.09. The molecular formula is C40H29NS. The van der Waals surface area contributed by atoms with E-state index in [2.05, 4.69) is 134 Å². The molecule has 0 bridgehead atoms. The Bertz CT molecular complexity index is 2380. The average Bonchev–Trinajstić information content (AvgIpc) is 3.55. The molecule has 0 saturated carbocycles. The molecule has 0 radical (unpaired) electrons. The normalized spacial score (nSPS) is 12.8. The molecule has 0 N–H and O–H groups in total. The first-order valence-electron chi connectivity index (χ1n) is 14.8. The number of aryl methyl sites for hydroxylation is 2. The zero-order valence-electron chi connectivity index (χ0n) is 23.7. The molecule has 0 amide bonds. The number of nitrogens with zero attached hydrogens (tertiary/aromatic N) is 1. The van der Waals surface area contributed by atoms with E-state index in [0.29, 0.717) is 0 Å². The third kappa shape index (κ3) is 3.42. The van der Waals surface area contributed by atoms with Crippen LogP contribution in [0.3, 0.4) is 0 Å². The van der Waals surface area contributed by atoms with E-state index in [0.717, 1.165) is 12.8 Å². The molecule has 6 aromatic carbocycles. The summed E-state index contributed by atoms with van der Waals surface area (Å²) in [7, 11) is 0. The lowest BCUT2D eigenvalue weighted by atomic mass is 9.82. The second-order valence-electron chi connectivity index (χ2n) is 11.8. The summed E-state index contributed by atoms with van der Waals surface area (Å²) in [5.41, 5.74) is 15.1. The number of para-hydroxylation sites is 1. The molecule has 1 aliphatic carbocycles. The Morgan fingerprint density at radius 3 is 2.07 bits per heavy atom. The fourth-order valence-corrected chi connectivity index (χ4v) is 8.52. The highest BCUT2D eigenvalue weighted by atomic mass is 32.1. The minimum Gasteiger partial charge on any atom is -0.308 e. The molecular weight excluding hydrogens is 527 g/mol. The largest absolute Gasteiger partial charge is 0.308 e. The quantitative estimate of drug-likeness (QED) is 0.200. The maximum absolute atomic E-state index is 2.52. The van der Waals surface area contributed by atoms with Crippen LogP contribution in [0.15, 0.2) is 115 Å². The molecule has 2 heteroatoms. The standard InChI is InChI=1S/C40H29NS/c1-24-10-3-4-11-30(24)34-21-27-20-29-23-38-35(22-28(29)19-26(27)18-25(34)2)31-12-5-7-15-36(31)41(38)37-16-9-14-33-32-13-6-8-17-39(32)42-40(33)37/h3-18,21-23H,19-20H2,1-2H3. The van der Waals surface area contributed by atoms with Crippen molar-refractivity contribution in [1.29, 1.82) is 0 Å². The molecule has 0 fully saturated rings. The van der Waals surface area contributed by atoms with Gasteiger partial charge in [-0.2, -0.15) is 0 Å². The fourth-order valence-electron chi connectivity index (χ4n) is 7.32. The van der Waals surface area contributed by atoms with Crippen molar-refractivity contribution in [3.05, 3.63) is 149 Å². The molecule has 42 heavy (non-hydrogen) atoms. The van der Waals surface area contributed by atoms with E-state index in [1.165, 1.54) is 92.2 Å². The van der Waals surface area contributed by atoms with Crippen LogP contribution in [0.1, 0.15) is 33.4 Å². The summed E-state index contributed by atoms with van der Waals surface area (Å²) < 4.78 is 5.21. The predicted octanol–water partition coefficient (Wildman–Crippen LogP) is 10.9. The van der Waals surface area contributed by atoms with E-state index < -0.39 is 0 Å². The Morgan fingerprint density at radius 2 is 1.19 bits per heavy atom. The van der Waals surface area contributed by atoms with Gasteiger partial charge in [-0.25, -0.2) is 0 Å². The van der Waals surface area contributed by atoms with Crippen molar-refractivity contribution >= 4 is 53.3 Å². The average molecular weight is 556 g/mol. The van der Waals surface area contributed by atoms with Gasteiger partial charge in [-0.1, -0.05) is 84.9 Å². The Balaban J connectivity index is 1.27. The van der Waals surface area contributed by atoms with Crippen molar-refractivity contribution in [1.82, 2.24) is 4.57 Å². The zero-order valence-corrected chi connectivity index (χ0v) is 24.6. The number of aromatic nitrogens is 1. The Labute approximate surface area is 249 Å². The molecule has 0 atom stereocenters. The molecule has 0 unspecified atom stereocenters. The first-order chi connectivity index (χ1) is 20.6. The molecule has 0 saturated heterocycles. The monoisotopic (exact) mass is 555 g/mol. The number of fused-ring (bicyclic) bond motifs is 8. The van der Waals surface area contributed by atoms with Crippen molar-refractivity contribution in [2.24, 2.45) is 0 Å². The zero-order chi connectivity index (χ0) is 27.9. The molecule has 1 nitrogen and oxygen atoms in total. The molecule has 0 spiro atoms. The smallest absolute Gasteiger partial charge is 0.0640 e. The van der Waals surface area contributed by atoms with Crippen LogP contribution < -0.4 is 0 Å². The molecule has 200 valence electrons. The van der Waals surface area contributed by atoms with Crippen molar-refractivity contribution in [3.8, 4) is 16.8 Å². The number of benzene rings is 6. The molecule has 9 rings (SSSR count). The van der Waals surface area contributed by atoms with E-state index in [1.54, 1.807) is 0 Å². The van der Waals surface area contributed by atoms with Gasteiger partial charge in [0.2, 0.25) is 0 Å². The van der Waals surface area contributed by atoms with Gasteiger partial charge in [0.25, 0.3) is 0 Å². The van der Waals surface area contributed by atoms with Gasteiger partial charge in [-0.3, -0.25) is 0 Å². The van der Waals surface area contributed by atoms with E-state index in [-0.39, 0.29) is 0 Å². The Hall–Kier alpha value is -4.66. The number of hydrogen-bond acceptors (Lipinski definition) is 1. The van der Waals surface area contributed by atoms with Gasteiger partial charge in [0.15, 0.2) is 0 Å². The van der Waals surface area contributed by atoms with Gasteiger partial charge < -0.3 is 4.57 Å². The molecule has 1 aliphatic rings. The van der Waals surface area contributed by atoms with Crippen LogP contribution >= 0.6 is 11.3 Å². The summed E-state index contributed by atoms with van der Waals surface area (Å²) in [4.78, 5) is 0. The topological polar surface area (TPSA) is 4.93 Å². The van der Waals surface area contributed by atoms with Crippen LogP contribution in [0.2, 0.25) is 0 Å². The third-order valence-electron chi connectivity index (χ3n) is 9.36. The Morgan fingerprint density at radius 1 is 0.500 bits per heavy atom. The highest BCUT2D eigenvalue weighted by Crippen LogP contribution is 2.42. The minimum atomic E-state index is 0.967. The van der Waals surface area contributed by atoms with Gasteiger partial charge in [0, 0.05) is 26.2 Å². The van der Waals surface area contributed by atoms with Crippen LogP contribution in [-0.2, 0) is 12.8 Å². The van der Waals surface area contributed by atoms with Crippen molar-refractivity contribution in [3.63, 3.8) is 0 Å². The van der Waals surface area contributed by atoms with Crippen LogP contribution in [0.4, 0.5) is 0 Å². The number of thiophene rings is 1. The molecule has 2 heterocycles. The maximum atomic E-state index is 2.52. The fraction of sp³-hybridized carbons (Fsp3) is 0.100. The lowest BCUT2D eigenvalue weighted by Gasteiger charge is -2.23. The summed E-state index contributed by atoms with van der Waals surface area (Å²) in [5.74, 6) is 0. The van der Waals surface area contributed by atoms with Crippen molar-refractivity contribution in [2.75, 3.05) is 0 Å². The summed E-state index contributed by atoms with van der Waals surface area (Å²) in [6.45, 7) is 4.49. The van der Waals surface area contributed by atoms with E-state index in [4.69, 9.17) is 0 Å². The summed E-state index contributed by atoms with van der Waals surface area (Å²) in [5, 5.41) is 5.35. The Kier molecular flexibility index (Phi) is 5.09. The van der Waals surface area contributed by atoms with E-state index >= 15 is 0 Å². The van der Waals surface area contributed by atoms with Gasteiger partial charge in [-0.05, 0) is 102 Å². The van der Waals surface area contributed by atoms with Gasteiger partial charge in [0.05, 0.1) is 21.4 Å². The van der Waals surface area contributed by atoms with Gasteiger partial charge in [0.1, 0.15) is 0 Å². The van der Waals surface area contributed by atoms with E-state index in [1.807, 2.05) is 11.3 Å². The highest BCUT2D eigenvalue weighted by Gasteiger charge is 2.22. The number of rotatable bonds is 2.